The summed E-state index contributed by atoms with van der Waals surface area (Å²) in [6.07, 6.45) is -4.72. The molecule has 2 amide bonds. The molecule has 0 radical (unpaired) electrons. The predicted molar refractivity (Wildman–Crippen MR) is 82.3 cm³/mol. The molecule has 0 saturated heterocycles. The Morgan fingerprint density at radius 1 is 1.20 bits per heavy atom. The molecule has 9 heteroatoms. The molecule has 1 aromatic rings. The Kier molecular flexibility index (Phi) is 6.69. The first-order chi connectivity index (χ1) is 11.4. The summed E-state index contributed by atoms with van der Waals surface area (Å²) in [5.74, 6) is -3.75. The van der Waals surface area contributed by atoms with Gasteiger partial charge in [0.15, 0.2) is 0 Å². The van der Waals surface area contributed by atoms with E-state index in [1.54, 1.807) is 13.8 Å². The van der Waals surface area contributed by atoms with Gasteiger partial charge < -0.3 is 10.5 Å². The van der Waals surface area contributed by atoms with Crippen LogP contribution in [0.3, 0.4) is 0 Å². The van der Waals surface area contributed by atoms with Gasteiger partial charge in [-0.2, -0.15) is 13.2 Å². The van der Waals surface area contributed by atoms with Crippen LogP contribution in [0.5, 0.6) is 5.75 Å². The van der Waals surface area contributed by atoms with Gasteiger partial charge in [0.05, 0.1) is 11.6 Å². The summed E-state index contributed by atoms with van der Waals surface area (Å²) >= 11 is 0. The van der Waals surface area contributed by atoms with Gasteiger partial charge in [-0.1, -0.05) is 26.0 Å². The fourth-order valence-electron chi connectivity index (χ4n) is 1.88. The second-order valence-electron chi connectivity index (χ2n) is 5.68. The zero-order chi connectivity index (χ0) is 19.4. The van der Waals surface area contributed by atoms with E-state index >= 15 is 0 Å². The number of amides is 2. The maximum atomic E-state index is 12.9. The number of hydrogen-bond donors (Lipinski definition) is 1. The Labute approximate surface area is 142 Å². The topological polar surface area (TPSA) is 89.7 Å². The number of alkyl halides is 3. The van der Waals surface area contributed by atoms with Crippen molar-refractivity contribution in [3.05, 3.63) is 29.8 Å². The Bertz CT molecular complexity index is 659. The zero-order valence-corrected chi connectivity index (χ0v) is 14.0. The molecule has 0 aliphatic rings. The molecule has 25 heavy (non-hydrogen) atoms. The molecule has 0 fully saturated rings. The molecule has 0 bridgehead atoms. The first kappa shape index (κ1) is 20.6. The van der Waals surface area contributed by atoms with Gasteiger partial charge in [0.2, 0.25) is 11.8 Å². The molecule has 0 aliphatic heterocycles. The van der Waals surface area contributed by atoms with Gasteiger partial charge in [0.25, 0.3) is 0 Å². The zero-order valence-electron chi connectivity index (χ0n) is 14.0. The van der Waals surface area contributed by atoms with Crippen LogP contribution in [-0.2, 0) is 20.6 Å². The monoisotopic (exact) mass is 360 g/mol. The molecule has 0 spiro atoms. The Morgan fingerprint density at radius 3 is 2.24 bits per heavy atom. The van der Waals surface area contributed by atoms with E-state index < -0.39 is 47.9 Å². The first-order valence-corrected chi connectivity index (χ1v) is 7.39. The number of ether oxygens (including phenoxy) is 1. The van der Waals surface area contributed by atoms with Crippen LogP contribution in [0, 0.1) is 5.92 Å². The van der Waals surface area contributed by atoms with E-state index in [1.165, 1.54) is 6.07 Å². The molecule has 0 aromatic heterocycles. The first-order valence-electron chi connectivity index (χ1n) is 7.39. The predicted octanol–water partition coefficient (Wildman–Crippen LogP) is 1.97. The van der Waals surface area contributed by atoms with Gasteiger partial charge >= 0.3 is 12.1 Å². The Morgan fingerprint density at radius 2 is 1.76 bits per heavy atom. The third kappa shape index (κ3) is 5.56. The van der Waals surface area contributed by atoms with Gasteiger partial charge in [-0.3, -0.25) is 14.5 Å². The number of carbonyl (C=O) groups is 3. The normalized spacial score (nSPS) is 12.6. The molecular formula is C16H19F3N2O4. The minimum absolute atomic E-state index is 0.295. The second-order valence-corrected chi connectivity index (χ2v) is 5.68. The SMILES string of the molecule is CC(=O)N(CC(=O)Oc1ccccc1C(F)(F)F)C(=O)[C@@H](N)C(C)C. The van der Waals surface area contributed by atoms with Crippen molar-refractivity contribution in [2.45, 2.75) is 33.0 Å². The molecule has 0 saturated carbocycles. The minimum Gasteiger partial charge on any atom is -0.425 e. The fourth-order valence-corrected chi connectivity index (χ4v) is 1.88. The molecular weight excluding hydrogens is 341 g/mol. The number of benzene rings is 1. The van der Waals surface area contributed by atoms with Crippen LogP contribution in [0.4, 0.5) is 13.2 Å². The largest absolute Gasteiger partial charge is 0.425 e. The van der Waals surface area contributed by atoms with Gasteiger partial charge in [-0.25, -0.2) is 4.79 Å². The maximum Gasteiger partial charge on any atom is 0.419 e. The average Bonchev–Trinajstić information content (AvgIpc) is 2.50. The number of rotatable bonds is 5. The number of para-hydroxylation sites is 1. The molecule has 0 unspecified atom stereocenters. The Balaban J connectivity index is 2.94. The van der Waals surface area contributed by atoms with Gasteiger partial charge in [0.1, 0.15) is 12.3 Å². The highest BCUT2D eigenvalue weighted by molar-refractivity contribution is 5.99. The van der Waals surface area contributed by atoms with Crippen molar-refractivity contribution in [3.63, 3.8) is 0 Å². The van der Waals surface area contributed by atoms with E-state index in [1.807, 2.05) is 0 Å². The smallest absolute Gasteiger partial charge is 0.419 e. The third-order valence-electron chi connectivity index (χ3n) is 3.35. The van der Waals surface area contributed by atoms with E-state index in [0.29, 0.717) is 4.90 Å². The van der Waals surface area contributed by atoms with Crippen molar-refractivity contribution in [1.29, 1.82) is 0 Å². The minimum atomic E-state index is -4.72. The van der Waals surface area contributed by atoms with Crippen LogP contribution >= 0.6 is 0 Å². The lowest BCUT2D eigenvalue weighted by Gasteiger charge is -2.24. The van der Waals surface area contributed by atoms with Crippen molar-refractivity contribution in [3.8, 4) is 5.75 Å². The van der Waals surface area contributed by atoms with Crippen LogP contribution in [0.25, 0.3) is 0 Å². The number of imide groups is 1. The molecule has 6 nitrogen and oxygen atoms in total. The van der Waals surface area contributed by atoms with Gasteiger partial charge in [-0.15, -0.1) is 0 Å². The Hall–Kier alpha value is -2.42. The standard InChI is InChI=1S/C16H19F3N2O4/c1-9(2)14(20)15(24)21(10(3)22)8-13(23)25-12-7-5-4-6-11(12)16(17,18)19/h4-7,9,14H,8,20H2,1-3H3/t14-/m0/s1. The lowest BCUT2D eigenvalue weighted by atomic mass is 10.0. The van der Waals surface area contributed by atoms with Crippen LogP contribution in [0.1, 0.15) is 26.3 Å². The van der Waals surface area contributed by atoms with Crippen molar-refractivity contribution < 1.29 is 32.3 Å². The van der Waals surface area contributed by atoms with Crippen molar-refractivity contribution in [1.82, 2.24) is 4.90 Å². The lowest BCUT2D eigenvalue weighted by molar-refractivity contribution is -0.153. The van der Waals surface area contributed by atoms with E-state index in [9.17, 15) is 27.6 Å². The molecule has 2 N–H and O–H groups in total. The van der Waals surface area contributed by atoms with E-state index in [4.69, 9.17) is 10.5 Å². The number of esters is 1. The molecule has 138 valence electrons. The van der Waals surface area contributed by atoms with E-state index in [0.717, 1.165) is 25.1 Å². The number of carbonyl (C=O) groups excluding carboxylic acids is 3. The van der Waals surface area contributed by atoms with Crippen LogP contribution in [-0.4, -0.2) is 35.3 Å². The summed E-state index contributed by atoms with van der Waals surface area (Å²) in [7, 11) is 0. The highest BCUT2D eigenvalue weighted by Crippen LogP contribution is 2.35. The highest BCUT2D eigenvalue weighted by Gasteiger charge is 2.35. The summed E-state index contributed by atoms with van der Waals surface area (Å²) in [4.78, 5) is 36.2. The molecule has 0 aliphatic carbocycles. The quantitative estimate of drug-likeness (QED) is 0.640. The van der Waals surface area contributed by atoms with Crippen LogP contribution < -0.4 is 10.5 Å². The lowest BCUT2D eigenvalue weighted by Crippen LogP contribution is -2.50. The highest BCUT2D eigenvalue weighted by atomic mass is 19.4. The fraction of sp³-hybridized carbons (Fsp3) is 0.438. The van der Waals surface area contributed by atoms with Gasteiger partial charge in [-0.05, 0) is 18.1 Å². The number of nitrogens with two attached hydrogens (primary N) is 1. The molecule has 0 heterocycles. The third-order valence-corrected chi connectivity index (χ3v) is 3.35. The second kappa shape index (κ2) is 8.11. The van der Waals surface area contributed by atoms with E-state index in [2.05, 4.69) is 0 Å². The van der Waals surface area contributed by atoms with Crippen molar-refractivity contribution in [2.75, 3.05) is 6.54 Å². The molecule has 1 rings (SSSR count). The number of halogens is 3. The molecule has 1 atom stereocenters. The number of hydrogen-bond acceptors (Lipinski definition) is 5. The van der Waals surface area contributed by atoms with Crippen molar-refractivity contribution in [2.24, 2.45) is 11.7 Å². The van der Waals surface area contributed by atoms with E-state index in [-0.39, 0.29) is 5.92 Å². The molecule has 1 aromatic carbocycles. The summed E-state index contributed by atoms with van der Waals surface area (Å²) in [6.45, 7) is 3.51. The maximum absolute atomic E-state index is 12.9. The summed E-state index contributed by atoms with van der Waals surface area (Å²) < 4.78 is 43.4. The van der Waals surface area contributed by atoms with Crippen LogP contribution in [0.2, 0.25) is 0 Å². The summed E-state index contributed by atoms with van der Waals surface area (Å²) in [5.41, 5.74) is 4.53. The van der Waals surface area contributed by atoms with Crippen LogP contribution in [0.15, 0.2) is 24.3 Å². The van der Waals surface area contributed by atoms with Gasteiger partial charge in [0, 0.05) is 6.92 Å². The van der Waals surface area contributed by atoms with Crippen molar-refractivity contribution >= 4 is 17.8 Å². The average molecular weight is 360 g/mol. The summed E-state index contributed by atoms with van der Waals surface area (Å²) in [5, 5.41) is 0. The summed E-state index contributed by atoms with van der Waals surface area (Å²) in [6, 6.07) is 3.11. The number of nitrogens with zero attached hydrogens (tertiary/aromatic N) is 1.